The van der Waals surface area contributed by atoms with Gasteiger partial charge >= 0.3 is 0 Å². The Morgan fingerprint density at radius 2 is 2.20 bits per heavy atom. The first-order chi connectivity index (χ1) is 7.31. The van der Waals surface area contributed by atoms with Gasteiger partial charge in [-0.2, -0.15) is 5.26 Å². The third-order valence-corrected chi connectivity index (χ3v) is 2.71. The summed E-state index contributed by atoms with van der Waals surface area (Å²) in [5.41, 5.74) is 1.63. The van der Waals surface area contributed by atoms with Crippen molar-refractivity contribution in [2.75, 3.05) is 18.0 Å². The first-order valence-corrected chi connectivity index (χ1v) is 5.28. The largest absolute Gasteiger partial charge is 0.366 e. The van der Waals surface area contributed by atoms with E-state index in [0.717, 1.165) is 25.2 Å². The molecule has 0 fully saturated rings. The smallest absolute Gasteiger partial charge is 0.101 e. The SMILES string of the molecule is N#Cc1cc(Cl)ccc1N1CC=CCC1. The maximum atomic E-state index is 9.02. The Morgan fingerprint density at radius 1 is 1.33 bits per heavy atom. The Labute approximate surface area is 94.4 Å². The van der Waals surface area contributed by atoms with Crippen LogP contribution in [0, 0.1) is 11.3 Å². The van der Waals surface area contributed by atoms with Crippen LogP contribution in [0.4, 0.5) is 5.69 Å². The summed E-state index contributed by atoms with van der Waals surface area (Å²) >= 11 is 5.85. The van der Waals surface area contributed by atoms with Gasteiger partial charge in [-0.25, -0.2) is 0 Å². The molecule has 0 N–H and O–H groups in total. The fourth-order valence-corrected chi connectivity index (χ4v) is 1.91. The second-order valence-corrected chi connectivity index (χ2v) is 3.92. The molecule has 0 amide bonds. The van der Waals surface area contributed by atoms with Crippen LogP contribution < -0.4 is 4.90 Å². The molecule has 0 aliphatic carbocycles. The molecule has 1 aliphatic rings. The highest BCUT2D eigenvalue weighted by atomic mass is 35.5. The molecule has 0 saturated heterocycles. The Bertz CT molecular complexity index is 432. The number of hydrogen-bond acceptors (Lipinski definition) is 2. The van der Waals surface area contributed by atoms with Crippen molar-refractivity contribution in [3.05, 3.63) is 40.9 Å². The minimum atomic E-state index is 0.614. The highest BCUT2D eigenvalue weighted by Gasteiger charge is 2.11. The highest BCUT2D eigenvalue weighted by Crippen LogP contribution is 2.24. The summed E-state index contributed by atoms with van der Waals surface area (Å²) in [5, 5.41) is 9.63. The van der Waals surface area contributed by atoms with Gasteiger partial charge in [0, 0.05) is 18.1 Å². The summed E-state index contributed by atoms with van der Waals surface area (Å²) in [5.74, 6) is 0. The Balaban J connectivity index is 2.35. The van der Waals surface area contributed by atoms with Crippen molar-refractivity contribution in [2.24, 2.45) is 0 Å². The molecule has 1 aromatic carbocycles. The van der Waals surface area contributed by atoms with Crippen molar-refractivity contribution in [3.8, 4) is 6.07 Å². The predicted octanol–water partition coefficient (Wildman–Crippen LogP) is 2.98. The average molecular weight is 219 g/mol. The van der Waals surface area contributed by atoms with E-state index in [1.54, 1.807) is 6.07 Å². The zero-order valence-corrected chi connectivity index (χ0v) is 9.04. The van der Waals surface area contributed by atoms with Crippen LogP contribution in [0.15, 0.2) is 30.4 Å². The van der Waals surface area contributed by atoms with Gasteiger partial charge in [0.05, 0.1) is 11.3 Å². The highest BCUT2D eigenvalue weighted by molar-refractivity contribution is 6.30. The number of benzene rings is 1. The molecule has 0 atom stereocenters. The van der Waals surface area contributed by atoms with E-state index in [4.69, 9.17) is 16.9 Å². The van der Waals surface area contributed by atoms with Gasteiger partial charge in [0.1, 0.15) is 6.07 Å². The predicted molar refractivity (Wildman–Crippen MR) is 62.1 cm³/mol. The van der Waals surface area contributed by atoms with E-state index < -0.39 is 0 Å². The van der Waals surface area contributed by atoms with Gasteiger partial charge < -0.3 is 4.90 Å². The molecule has 0 unspecified atom stereocenters. The lowest BCUT2D eigenvalue weighted by Crippen LogP contribution is -2.27. The van der Waals surface area contributed by atoms with E-state index in [0.29, 0.717) is 10.6 Å². The van der Waals surface area contributed by atoms with Gasteiger partial charge in [0.25, 0.3) is 0 Å². The van der Waals surface area contributed by atoms with Crippen molar-refractivity contribution in [2.45, 2.75) is 6.42 Å². The topological polar surface area (TPSA) is 27.0 Å². The molecule has 1 aromatic rings. The second-order valence-electron chi connectivity index (χ2n) is 3.48. The lowest BCUT2D eigenvalue weighted by atomic mass is 10.1. The minimum absolute atomic E-state index is 0.614. The van der Waals surface area contributed by atoms with Crippen molar-refractivity contribution >= 4 is 17.3 Å². The summed E-state index contributed by atoms with van der Waals surface area (Å²) in [6, 6.07) is 7.65. The van der Waals surface area contributed by atoms with Gasteiger partial charge in [-0.15, -0.1) is 0 Å². The molecule has 2 nitrogen and oxygen atoms in total. The summed E-state index contributed by atoms with van der Waals surface area (Å²) < 4.78 is 0. The second kappa shape index (κ2) is 4.37. The van der Waals surface area contributed by atoms with E-state index in [-0.39, 0.29) is 0 Å². The van der Waals surface area contributed by atoms with Crippen LogP contribution in [0.2, 0.25) is 5.02 Å². The number of anilines is 1. The van der Waals surface area contributed by atoms with Crippen LogP contribution >= 0.6 is 11.6 Å². The monoisotopic (exact) mass is 218 g/mol. The van der Waals surface area contributed by atoms with E-state index in [1.807, 2.05) is 12.1 Å². The van der Waals surface area contributed by atoms with Gasteiger partial charge in [0.2, 0.25) is 0 Å². The fourth-order valence-electron chi connectivity index (χ4n) is 1.73. The van der Waals surface area contributed by atoms with E-state index in [1.165, 1.54) is 0 Å². The quantitative estimate of drug-likeness (QED) is 0.678. The van der Waals surface area contributed by atoms with Gasteiger partial charge in [-0.05, 0) is 24.6 Å². The first kappa shape index (κ1) is 10.1. The molecule has 0 aromatic heterocycles. The van der Waals surface area contributed by atoms with Gasteiger partial charge in [-0.3, -0.25) is 0 Å². The third kappa shape index (κ3) is 2.14. The molecule has 76 valence electrons. The summed E-state index contributed by atoms with van der Waals surface area (Å²) in [4.78, 5) is 2.19. The average Bonchev–Trinajstić information content (AvgIpc) is 2.30. The Morgan fingerprint density at radius 3 is 2.87 bits per heavy atom. The molecule has 2 rings (SSSR count). The van der Waals surface area contributed by atoms with Crippen LogP contribution in [0.1, 0.15) is 12.0 Å². The number of nitriles is 1. The Kier molecular flexibility index (Phi) is 2.94. The van der Waals surface area contributed by atoms with Gasteiger partial charge in [0.15, 0.2) is 0 Å². The van der Waals surface area contributed by atoms with Crippen LogP contribution in [0.5, 0.6) is 0 Å². The number of halogens is 1. The molecule has 0 bridgehead atoms. The van der Waals surface area contributed by atoms with E-state index >= 15 is 0 Å². The fraction of sp³-hybridized carbons (Fsp3) is 0.250. The molecule has 15 heavy (non-hydrogen) atoms. The third-order valence-electron chi connectivity index (χ3n) is 2.48. The maximum Gasteiger partial charge on any atom is 0.101 e. The lowest BCUT2D eigenvalue weighted by Gasteiger charge is -2.26. The first-order valence-electron chi connectivity index (χ1n) is 4.91. The number of rotatable bonds is 1. The number of nitrogens with zero attached hydrogens (tertiary/aromatic N) is 2. The molecule has 3 heteroatoms. The normalized spacial score (nSPS) is 15.1. The zero-order chi connectivity index (χ0) is 10.7. The van der Waals surface area contributed by atoms with Crippen LogP contribution in [0.3, 0.4) is 0 Å². The van der Waals surface area contributed by atoms with Crippen LogP contribution in [-0.2, 0) is 0 Å². The van der Waals surface area contributed by atoms with E-state index in [9.17, 15) is 0 Å². The summed E-state index contributed by atoms with van der Waals surface area (Å²) in [7, 11) is 0. The van der Waals surface area contributed by atoms with E-state index in [2.05, 4.69) is 23.1 Å². The standard InChI is InChI=1S/C12H11ClN2/c13-11-4-5-12(10(8-11)9-14)15-6-2-1-3-7-15/h1-2,4-5,8H,3,6-7H2. The lowest BCUT2D eigenvalue weighted by molar-refractivity contribution is 0.820. The molecular weight excluding hydrogens is 208 g/mol. The molecule has 1 aliphatic heterocycles. The number of hydrogen-bond donors (Lipinski definition) is 0. The maximum absolute atomic E-state index is 9.02. The van der Waals surface area contributed by atoms with Crippen molar-refractivity contribution < 1.29 is 0 Å². The summed E-state index contributed by atoms with van der Waals surface area (Å²) in [6.07, 6.45) is 5.32. The van der Waals surface area contributed by atoms with Crippen LogP contribution in [0.25, 0.3) is 0 Å². The van der Waals surface area contributed by atoms with Crippen molar-refractivity contribution in [1.29, 1.82) is 5.26 Å². The van der Waals surface area contributed by atoms with Crippen LogP contribution in [-0.4, -0.2) is 13.1 Å². The Hall–Kier alpha value is -1.46. The molecule has 1 heterocycles. The van der Waals surface area contributed by atoms with Crippen molar-refractivity contribution in [3.63, 3.8) is 0 Å². The molecule has 0 saturated carbocycles. The molecule has 0 radical (unpaired) electrons. The van der Waals surface area contributed by atoms with Gasteiger partial charge in [-0.1, -0.05) is 23.8 Å². The summed E-state index contributed by atoms with van der Waals surface area (Å²) in [6.45, 7) is 1.84. The molecular formula is C12H11ClN2. The molecule has 0 spiro atoms. The zero-order valence-electron chi connectivity index (χ0n) is 8.28. The minimum Gasteiger partial charge on any atom is -0.366 e. The van der Waals surface area contributed by atoms with Crippen molar-refractivity contribution in [1.82, 2.24) is 0 Å².